The summed E-state index contributed by atoms with van der Waals surface area (Å²) < 4.78 is 2.18. The van der Waals surface area contributed by atoms with E-state index in [-0.39, 0.29) is 0 Å². The molecule has 100 valence electrons. The van der Waals surface area contributed by atoms with Gasteiger partial charge in [0.2, 0.25) is 0 Å². The number of aryl methyl sites for hydroxylation is 1. The first-order valence-electron chi connectivity index (χ1n) is 6.38. The van der Waals surface area contributed by atoms with Gasteiger partial charge in [0.25, 0.3) is 0 Å². The van der Waals surface area contributed by atoms with Crippen LogP contribution in [0.5, 0.6) is 0 Å². The molecule has 0 unspecified atom stereocenters. The number of hydrogen-bond acceptors (Lipinski definition) is 3. The highest BCUT2D eigenvalue weighted by Gasteiger charge is 2.18. The van der Waals surface area contributed by atoms with Crippen LogP contribution >= 0.6 is 31.9 Å². The molecule has 2 aromatic rings. The third-order valence-electron chi connectivity index (χ3n) is 3.46. The topological polar surface area (TPSA) is 28.2 Å². The first kappa shape index (κ1) is 13.3. The molecule has 0 bridgehead atoms. The third-order valence-corrected chi connectivity index (χ3v) is 4.90. The van der Waals surface area contributed by atoms with Crippen molar-refractivity contribution in [1.29, 1.82) is 0 Å². The number of anilines is 1. The Morgan fingerprint density at radius 1 is 1.21 bits per heavy atom. The number of aromatic nitrogens is 1. The van der Waals surface area contributed by atoms with E-state index >= 15 is 0 Å². The van der Waals surface area contributed by atoms with E-state index in [1.54, 1.807) is 0 Å². The third kappa shape index (κ3) is 2.51. The lowest BCUT2D eigenvalue weighted by molar-refractivity contribution is 0.589. The van der Waals surface area contributed by atoms with Gasteiger partial charge in [-0.1, -0.05) is 15.9 Å². The summed E-state index contributed by atoms with van der Waals surface area (Å²) in [5.74, 6) is 0. The molecule has 1 fully saturated rings. The molecule has 5 heteroatoms. The van der Waals surface area contributed by atoms with Crippen molar-refractivity contribution in [2.75, 3.05) is 31.1 Å². The van der Waals surface area contributed by atoms with Crippen LogP contribution < -0.4 is 10.2 Å². The minimum atomic E-state index is 1.03. The highest BCUT2D eigenvalue weighted by Crippen LogP contribution is 2.36. The number of nitrogens with zero attached hydrogens (tertiary/aromatic N) is 2. The number of pyridine rings is 1. The van der Waals surface area contributed by atoms with Crippen LogP contribution in [0.15, 0.2) is 27.1 Å². The van der Waals surface area contributed by atoms with Crippen molar-refractivity contribution in [2.24, 2.45) is 0 Å². The van der Waals surface area contributed by atoms with Gasteiger partial charge in [-0.05, 0) is 41.1 Å². The van der Waals surface area contributed by atoms with Crippen LogP contribution in [0.3, 0.4) is 0 Å². The second-order valence-corrected chi connectivity index (χ2v) is 6.47. The summed E-state index contributed by atoms with van der Waals surface area (Å²) in [6, 6.07) is 6.31. The Kier molecular flexibility index (Phi) is 3.78. The Morgan fingerprint density at radius 2 is 1.95 bits per heavy atom. The van der Waals surface area contributed by atoms with Crippen LogP contribution in [-0.4, -0.2) is 31.2 Å². The van der Waals surface area contributed by atoms with Crippen LogP contribution in [0, 0.1) is 6.92 Å². The lowest BCUT2D eigenvalue weighted by Crippen LogP contribution is -2.43. The Balaban J connectivity index is 2.22. The molecule has 1 aromatic heterocycles. The maximum absolute atomic E-state index is 4.67. The average molecular weight is 385 g/mol. The van der Waals surface area contributed by atoms with Crippen molar-refractivity contribution in [3.63, 3.8) is 0 Å². The fourth-order valence-corrected chi connectivity index (χ4v) is 3.42. The van der Waals surface area contributed by atoms with Crippen LogP contribution in [0.2, 0.25) is 0 Å². The predicted molar refractivity (Wildman–Crippen MR) is 87.0 cm³/mol. The second-order valence-electron chi connectivity index (χ2n) is 4.76. The van der Waals surface area contributed by atoms with Gasteiger partial charge in [-0.3, -0.25) is 4.98 Å². The van der Waals surface area contributed by atoms with Gasteiger partial charge in [-0.2, -0.15) is 0 Å². The first-order chi connectivity index (χ1) is 9.16. The van der Waals surface area contributed by atoms with Crippen molar-refractivity contribution in [1.82, 2.24) is 10.3 Å². The van der Waals surface area contributed by atoms with Gasteiger partial charge in [0.05, 0.1) is 21.4 Å². The Bertz CT molecular complexity index is 622. The number of hydrogen-bond donors (Lipinski definition) is 1. The van der Waals surface area contributed by atoms with Gasteiger partial charge in [0.15, 0.2) is 0 Å². The molecule has 1 aromatic carbocycles. The molecule has 0 spiro atoms. The summed E-state index contributed by atoms with van der Waals surface area (Å²) in [5.41, 5.74) is 3.36. The highest BCUT2D eigenvalue weighted by molar-refractivity contribution is 9.11. The normalized spacial score (nSPS) is 16.1. The zero-order chi connectivity index (χ0) is 13.4. The first-order valence-corrected chi connectivity index (χ1v) is 7.96. The molecule has 1 saturated heterocycles. The summed E-state index contributed by atoms with van der Waals surface area (Å²) in [6.07, 6.45) is 0. The number of fused-ring (bicyclic) bond motifs is 1. The fraction of sp³-hybridized carbons (Fsp3) is 0.357. The number of benzene rings is 1. The number of nitrogens with one attached hydrogen (secondary N) is 1. The van der Waals surface area contributed by atoms with E-state index in [2.05, 4.69) is 72.2 Å². The summed E-state index contributed by atoms with van der Waals surface area (Å²) in [7, 11) is 0. The predicted octanol–water partition coefficient (Wildman–Crippen LogP) is 3.48. The molecular formula is C14H15Br2N3. The SMILES string of the molecule is Cc1nc2cc(Br)ccc2c(N2CCNCC2)c1Br. The molecule has 0 amide bonds. The number of rotatable bonds is 1. The largest absolute Gasteiger partial charge is 0.367 e. The second kappa shape index (κ2) is 5.38. The molecular weight excluding hydrogens is 370 g/mol. The smallest absolute Gasteiger partial charge is 0.0738 e. The zero-order valence-corrected chi connectivity index (χ0v) is 13.9. The summed E-state index contributed by atoms with van der Waals surface area (Å²) in [5, 5.41) is 4.61. The van der Waals surface area contributed by atoms with E-state index in [4.69, 9.17) is 0 Å². The molecule has 1 aliphatic heterocycles. The minimum Gasteiger partial charge on any atom is -0.367 e. The molecule has 0 atom stereocenters. The fourth-order valence-electron chi connectivity index (χ4n) is 2.51. The lowest BCUT2D eigenvalue weighted by atomic mass is 10.1. The van der Waals surface area contributed by atoms with E-state index in [0.29, 0.717) is 0 Å². The number of piperazine rings is 1. The van der Waals surface area contributed by atoms with E-state index in [9.17, 15) is 0 Å². The van der Waals surface area contributed by atoms with Gasteiger partial charge >= 0.3 is 0 Å². The highest BCUT2D eigenvalue weighted by atomic mass is 79.9. The molecule has 3 nitrogen and oxygen atoms in total. The molecule has 2 heterocycles. The maximum atomic E-state index is 4.67. The summed E-state index contributed by atoms with van der Waals surface area (Å²) in [4.78, 5) is 7.11. The minimum absolute atomic E-state index is 1.03. The molecule has 0 aliphatic carbocycles. The van der Waals surface area contributed by atoms with Gasteiger partial charge < -0.3 is 10.2 Å². The quantitative estimate of drug-likeness (QED) is 0.815. The Morgan fingerprint density at radius 3 is 2.68 bits per heavy atom. The summed E-state index contributed by atoms with van der Waals surface area (Å²) >= 11 is 7.24. The maximum Gasteiger partial charge on any atom is 0.0738 e. The van der Waals surface area contributed by atoms with Gasteiger partial charge in [-0.25, -0.2) is 0 Å². The Labute approximate surface area is 129 Å². The van der Waals surface area contributed by atoms with Crippen LogP contribution in [-0.2, 0) is 0 Å². The molecule has 0 radical (unpaired) electrons. The van der Waals surface area contributed by atoms with Gasteiger partial charge in [0.1, 0.15) is 0 Å². The van der Waals surface area contributed by atoms with Crippen molar-refractivity contribution >= 4 is 48.5 Å². The van der Waals surface area contributed by atoms with E-state index in [0.717, 1.165) is 46.3 Å². The van der Waals surface area contributed by atoms with Crippen LogP contribution in [0.25, 0.3) is 10.9 Å². The molecule has 3 rings (SSSR count). The van der Waals surface area contributed by atoms with E-state index in [1.165, 1.54) is 11.1 Å². The van der Waals surface area contributed by atoms with Crippen molar-refractivity contribution in [3.05, 3.63) is 32.8 Å². The van der Waals surface area contributed by atoms with E-state index < -0.39 is 0 Å². The standard InChI is InChI=1S/C14H15Br2N3/c1-9-13(16)14(19-6-4-17-5-7-19)11-3-2-10(15)8-12(11)18-9/h2-3,8,17H,4-7H2,1H3. The van der Waals surface area contributed by atoms with Gasteiger partial charge in [-0.15, -0.1) is 0 Å². The lowest BCUT2D eigenvalue weighted by Gasteiger charge is -2.31. The molecule has 1 N–H and O–H groups in total. The molecule has 0 saturated carbocycles. The molecule has 1 aliphatic rings. The van der Waals surface area contributed by atoms with Crippen molar-refractivity contribution in [3.8, 4) is 0 Å². The van der Waals surface area contributed by atoms with E-state index in [1.807, 2.05) is 0 Å². The molecule has 19 heavy (non-hydrogen) atoms. The number of halogens is 2. The average Bonchev–Trinajstić information content (AvgIpc) is 2.41. The Hall–Kier alpha value is -0.650. The van der Waals surface area contributed by atoms with Crippen LogP contribution in [0.1, 0.15) is 5.69 Å². The monoisotopic (exact) mass is 383 g/mol. The zero-order valence-electron chi connectivity index (χ0n) is 10.7. The van der Waals surface area contributed by atoms with Gasteiger partial charge in [0, 0.05) is 36.0 Å². The van der Waals surface area contributed by atoms with Crippen molar-refractivity contribution < 1.29 is 0 Å². The van der Waals surface area contributed by atoms with Crippen LogP contribution in [0.4, 0.5) is 5.69 Å². The summed E-state index contributed by atoms with van der Waals surface area (Å²) in [6.45, 7) is 6.19. The van der Waals surface area contributed by atoms with Crippen molar-refractivity contribution in [2.45, 2.75) is 6.92 Å².